The first-order valence-corrected chi connectivity index (χ1v) is 11.5. The summed E-state index contributed by atoms with van der Waals surface area (Å²) in [6, 6.07) is 0. The molecule has 0 bridgehead atoms. The van der Waals surface area contributed by atoms with E-state index < -0.39 is 17.9 Å². The molecule has 0 atom stereocenters. The molecule has 0 aromatic heterocycles. The number of carbonyl (C=O) groups excluding carboxylic acids is 2. The molecule has 0 radical (unpaired) electrons. The number of aliphatic carboxylic acids is 1. The molecule has 1 N–H and O–H groups in total. The highest BCUT2D eigenvalue weighted by molar-refractivity contribution is 5.93. The van der Waals surface area contributed by atoms with Crippen LogP contribution in [-0.2, 0) is 23.9 Å². The Morgan fingerprint density at radius 3 is 1.81 bits per heavy atom. The molecule has 1 aliphatic rings. The van der Waals surface area contributed by atoms with Gasteiger partial charge >= 0.3 is 17.9 Å². The molecule has 0 amide bonds. The summed E-state index contributed by atoms with van der Waals surface area (Å²) in [6.45, 7) is 10.9. The molecule has 1 rings (SSSR count). The van der Waals surface area contributed by atoms with E-state index in [1.807, 2.05) is 13.8 Å². The van der Waals surface area contributed by atoms with Crippen LogP contribution in [0.15, 0.2) is 34.8 Å². The second-order valence-electron chi connectivity index (χ2n) is 8.25. The fourth-order valence-electron chi connectivity index (χ4n) is 3.52. The van der Waals surface area contributed by atoms with Crippen molar-refractivity contribution in [3.05, 3.63) is 34.8 Å². The van der Waals surface area contributed by atoms with Crippen LogP contribution in [0.4, 0.5) is 0 Å². The third-order valence-electron chi connectivity index (χ3n) is 5.77. The summed E-state index contributed by atoms with van der Waals surface area (Å²) in [7, 11) is 0. The molecule has 0 heterocycles. The maximum absolute atomic E-state index is 12.8. The fraction of sp³-hybridized carbons (Fsp3) is 0.640. The Balaban J connectivity index is 3.03. The Labute approximate surface area is 186 Å². The SMILES string of the molecule is C=C(C(=O)OC(CCCC)=C(C)C(=O)OC(CCCC)=C(C)C(=O)O)C1CCCCC1. The number of esters is 2. The number of ether oxygens (including phenoxy) is 2. The van der Waals surface area contributed by atoms with Gasteiger partial charge in [0.25, 0.3) is 0 Å². The predicted molar refractivity (Wildman–Crippen MR) is 120 cm³/mol. The number of carbonyl (C=O) groups is 3. The minimum absolute atomic E-state index is 0.00683. The Hall–Kier alpha value is -2.37. The van der Waals surface area contributed by atoms with Gasteiger partial charge in [-0.25, -0.2) is 14.4 Å². The van der Waals surface area contributed by atoms with Gasteiger partial charge in [-0.3, -0.25) is 0 Å². The molecular weight excluding hydrogens is 396 g/mol. The monoisotopic (exact) mass is 434 g/mol. The summed E-state index contributed by atoms with van der Waals surface area (Å²) in [5.41, 5.74) is 0.651. The van der Waals surface area contributed by atoms with Crippen LogP contribution >= 0.6 is 0 Å². The summed E-state index contributed by atoms with van der Waals surface area (Å²) < 4.78 is 11.1. The van der Waals surface area contributed by atoms with Crippen molar-refractivity contribution in [2.75, 3.05) is 0 Å². The Morgan fingerprint density at radius 2 is 1.32 bits per heavy atom. The minimum atomic E-state index is -1.12. The summed E-state index contributed by atoms with van der Waals surface area (Å²) in [4.78, 5) is 36.9. The van der Waals surface area contributed by atoms with Gasteiger partial charge in [0.1, 0.15) is 11.5 Å². The molecule has 0 spiro atoms. The lowest BCUT2D eigenvalue weighted by molar-refractivity contribution is -0.137. The van der Waals surface area contributed by atoms with Gasteiger partial charge in [0, 0.05) is 18.4 Å². The van der Waals surface area contributed by atoms with Gasteiger partial charge in [-0.15, -0.1) is 0 Å². The van der Waals surface area contributed by atoms with Crippen LogP contribution in [0.25, 0.3) is 0 Å². The number of rotatable bonds is 12. The van der Waals surface area contributed by atoms with Crippen LogP contribution < -0.4 is 0 Å². The van der Waals surface area contributed by atoms with E-state index >= 15 is 0 Å². The number of hydrogen-bond donors (Lipinski definition) is 1. The molecule has 6 heteroatoms. The van der Waals surface area contributed by atoms with Crippen molar-refractivity contribution in [3.8, 4) is 0 Å². The fourth-order valence-corrected chi connectivity index (χ4v) is 3.52. The number of hydrogen-bond acceptors (Lipinski definition) is 5. The third-order valence-corrected chi connectivity index (χ3v) is 5.77. The zero-order valence-corrected chi connectivity index (χ0v) is 19.6. The van der Waals surface area contributed by atoms with Gasteiger partial charge in [0.05, 0.1) is 11.1 Å². The Kier molecular flexibility index (Phi) is 11.9. The zero-order valence-electron chi connectivity index (χ0n) is 19.6. The number of carboxylic acids is 1. The molecule has 1 saturated carbocycles. The molecule has 1 aliphatic carbocycles. The number of carboxylic acid groups (broad SMARTS) is 1. The lowest BCUT2D eigenvalue weighted by Gasteiger charge is -2.23. The zero-order chi connectivity index (χ0) is 23.4. The molecule has 0 saturated heterocycles. The molecule has 0 aliphatic heterocycles. The van der Waals surface area contributed by atoms with Gasteiger partial charge in [-0.1, -0.05) is 52.5 Å². The van der Waals surface area contributed by atoms with Gasteiger partial charge in [-0.2, -0.15) is 0 Å². The minimum Gasteiger partial charge on any atom is -0.478 e. The standard InChI is InChI=1S/C25H38O6/c1-6-8-15-21(18(4)23(26)27)30-25(29)19(5)22(16-9-7-2)31-24(28)17(3)20-13-11-10-12-14-20/h20H,3,6-16H2,1-2,4-5H3,(H,26,27). The van der Waals surface area contributed by atoms with Gasteiger partial charge < -0.3 is 14.6 Å². The van der Waals surface area contributed by atoms with Gasteiger partial charge in [0.15, 0.2) is 0 Å². The van der Waals surface area contributed by atoms with Gasteiger partial charge in [0.2, 0.25) is 0 Å². The molecule has 174 valence electrons. The predicted octanol–water partition coefficient (Wildman–Crippen LogP) is 6.22. The maximum Gasteiger partial charge on any atom is 0.342 e. The van der Waals surface area contributed by atoms with E-state index in [4.69, 9.17) is 9.47 Å². The highest BCUT2D eigenvalue weighted by Crippen LogP contribution is 2.30. The van der Waals surface area contributed by atoms with Crippen LogP contribution in [0.1, 0.15) is 98.3 Å². The molecule has 1 fully saturated rings. The molecule has 0 aromatic rings. The van der Waals surface area contributed by atoms with E-state index in [2.05, 4.69) is 6.58 Å². The largest absolute Gasteiger partial charge is 0.478 e. The van der Waals surface area contributed by atoms with Crippen molar-refractivity contribution in [1.29, 1.82) is 0 Å². The topological polar surface area (TPSA) is 89.9 Å². The van der Waals surface area contributed by atoms with Crippen molar-refractivity contribution in [2.45, 2.75) is 98.3 Å². The number of allylic oxidation sites excluding steroid dienone is 2. The lowest BCUT2D eigenvalue weighted by atomic mass is 9.84. The van der Waals surface area contributed by atoms with E-state index in [0.717, 1.165) is 44.9 Å². The molecule has 31 heavy (non-hydrogen) atoms. The molecule has 0 unspecified atom stereocenters. The van der Waals surface area contributed by atoms with E-state index in [1.54, 1.807) is 6.92 Å². The van der Waals surface area contributed by atoms with E-state index in [1.165, 1.54) is 13.3 Å². The average Bonchev–Trinajstić information content (AvgIpc) is 2.77. The van der Waals surface area contributed by atoms with E-state index in [9.17, 15) is 19.5 Å². The average molecular weight is 435 g/mol. The van der Waals surface area contributed by atoms with Crippen molar-refractivity contribution in [1.82, 2.24) is 0 Å². The summed E-state index contributed by atoms with van der Waals surface area (Å²) >= 11 is 0. The highest BCUT2D eigenvalue weighted by Gasteiger charge is 2.25. The van der Waals surface area contributed by atoms with Crippen molar-refractivity contribution in [2.24, 2.45) is 5.92 Å². The second-order valence-corrected chi connectivity index (χ2v) is 8.25. The first kappa shape index (κ1) is 26.7. The van der Waals surface area contributed by atoms with Gasteiger partial charge in [-0.05, 0) is 45.4 Å². The first-order chi connectivity index (χ1) is 14.7. The molecule has 6 nitrogen and oxygen atoms in total. The summed E-state index contributed by atoms with van der Waals surface area (Å²) in [5, 5.41) is 9.29. The molecule has 0 aromatic carbocycles. The normalized spacial score (nSPS) is 16.1. The maximum atomic E-state index is 12.8. The highest BCUT2D eigenvalue weighted by atomic mass is 16.6. The summed E-state index contributed by atoms with van der Waals surface area (Å²) in [5.74, 6) is -1.75. The Bertz CT molecular complexity index is 722. The van der Waals surface area contributed by atoms with E-state index in [0.29, 0.717) is 24.8 Å². The second kappa shape index (κ2) is 13.8. The lowest BCUT2D eigenvalue weighted by Crippen LogP contribution is -2.19. The third kappa shape index (κ3) is 8.72. The van der Waals surface area contributed by atoms with Crippen molar-refractivity contribution in [3.63, 3.8) is 0 Å². The van der Waals surface area contributed by atoms with Crippen LogP contribution in [0.5, 0.6) is 0 Å². The van der Waals surface area contributed by atoms with Crippen LogP contribution in [0.2, 0.25) is 0 Å². The molecular formula is C25H38O6. The summed E-state index contributed by atoms with van der Waals surface area (Å²) in [6.07, 6.45) is 9.14. The van der Waals surface area contributed by atoms with Crippen LogP contribution in [-0.4, -0.2) is 23.0 Å². The Morgan fingerprint density at radius 1 is 0.839 bits per heavy atom. The van der Waals surface area contributed by atoms with Crippen LogP contribution in [0, 0.1) is 5.92 Å². The van der Waals surface area contributed by atoms with Crippen LogP contribution in [0.3, 0.4) is 0 Å². The van der Waals surface area contributed by atoms with Crippen molar-refractivity contribution >= 4 is 17.9 Å². The smallest absolute Gasteiger partial charge is 0.342 e. The van der Waals surface area contributed by atoms with Crippen molar-refractivity contribution < 1.29 is 29.0 Å². The first-order valence-electron chi connectivity index (χ1n) is 11.5. The number of unbranched alkanes of at least 4 members (excludes halogenated alkanes) is 2. The van der Waals surface area contributed by atoms with E-state index in [-0.39, 0.29) is 28.6 Å². The quantitative estimate of drug-likeness (QED) is 0.223.